The van der Waals surface area contributed by atoms with E-state index in [0.29, 0.717) is 5.95 Å². The molecular weight excluding hydrogens is 250 g/mol. The third-order valence-electron chi connectivity index (χ3n) is 2.97. The average Bonchev–Trinajstić information content (AvgIpc) is 2.32. The normalized spacial score (nSPS) is 11.5. The summed E-state index contributed by atoms with van der Waals surface area (Å²) >= 11 is 0. The predicted molar refractivity (Wildman–Crippen MR) is 82.3 cm³/mol. The van der Waals surface area contributed by atoms with E-state index in [1.54, 1.807) is 0 Å². The summed E-state index contributed by atoms with van der Waals surface area (Å²) in [5.74, 6) is 0.648. The van der Waals surface area contributed by atoms with Crippen molar-refractivity contribution >= 4 is 17.6 Å². The molecule has 104 valence electrons. The summed E-state index contributed by atoms with van der Waals surface area (Å²) in [6, 6.07) is 7.93. The lowest BCUT2D eigenvalue weighted by atomic mass is 10.1. The number of aromatic nitrogens is 2. The van der Waals surface area contributed by atoms with Gasteiger partial charge in [0.2, 0.25) is 5.96 Å². The second kappa shape index (κ2) is 5.69. The summed E-state index contributed by atoms with van der Waals surface area (Å²) in [5.41, 5.74) is 11.0. The topological polar surface area (TPSA) is 76.2 Å². The van der Waals surface area contributed by atoms with E-state index in [1.165, 1.54) is 11.1 Å². The first-order valence-corrected chi connectivity index (χ1v) is 6.45. The Hall–Kier alpha value is -2.43. The van der Waals surface area contributed by atoms with Crippen LogP contribution in [-0.4, -0.2) is 15.9 Å². The Kier molecular flexibility index (Phi) is 3.98. The van der Waals surface area contributed by atoms with Gasteiger partial charge in [0.1, 0.15) is 0 Å². The highest BCUT2D eigenvalue weighted by atomic mass is 15.2. The lowest BCUT2D eigenvalue weighted by molar-refractivity contribution is 1.04. The maximum absolute atomic E-state index is 5.88. The molecule has 3 N–H and O–H groups in total. The summed E-state index contributed by atoms with van der Waals surface area (Å²) in [7, 11) is 0. The molecule has 0 aliphatic carbocycles. The van der Waals surface area contributed by atoms with Crippen LogP contribution in [0.15, 0.2) is 29.3 Å². The minimum Gasteiger partial charge on any atom is -0.369 e. The van der Waals surface area contributed by atoms with Crippen LogP contribution in [0.4, 0.5) is 11.6 Å². The van der Waals surface area contributed by atoms with E-state index < -0.39 is 0 Å². The van der Waals surface area contributed by atoms with Gasteiger partial charge in [0, 0.05) is 17.1 Å². The van der Waals surface area contributed by atoms with Crippen molar-refractivity contribution in [2.45, 2.75) is 27.7 Å². The molecule has 5 heteroatoms. The van der Waals surface area contributed by atoms with Gasteiger partial charge >= 0.3 is 0 Å². The molecule has 0 bridgehead atoms. The van der Waals surface area contributed by atoms with Crippen LogP contribution in [0.1, 0.15) is 22.5 Å². The van der Waals surface area contributed by atoms with Gasteiger partial charge in [-0.1, -0.05) is 6.07 Å². The SMILES string of the molecule is Cc1cc(C)nc(N=C(N)Nc2ccc(C)c(C)c2)n1. The molecule has 0 aliphatic rings. The molecule has 5 nitrogen and oxygen atoms in total. The van der Waals surface area contributed by atoms with Crippen molar-refractivity contribution in [1.29, 1.82) is 0 Å². The van der Waals surface area contributed by atoms with Crippen molar-refractivity contribution in [2.75, 3.05) is 5.32 Å². The molecule has 2 rings (SSSR count). The van der Waals surface area contributed by atoms with E-state index in [1.807, 2.05) is 38.1 Å². The lowest BCUT2D eigenvalue weighted by Gasteiger charge is -2.07. The first kappa shape index (κ1) is 14.0. The Morgan fingerprint density at radius 2 is 1.65 bits per heavy atom. The second-order valence-electron chi connectivity index (χ2n) is 4.87. The minimum atomic E-state index is 0.276. The molecule has 0 unspecified atom stereocenters. The molecule has 0 saturated carbocycles. The van der Waals surface area contributed by atoms with Crippen LogP contribution in [0.5, 0.6) is 0 Å². The number of nitrogens with zero attached hydrogens (tertiary/aromatic N) is 3. The van der Waals surface area contributed by atoms with Crippen LogP contribution in [0, 0.1) is 27.7 Å². The maximum atomic E-state index is 5.88. The highest BCUT2D eigenvalue weighted by molar-refractivity contribution is 5.93. The molecule has 2 aromatic rings. The monoisotopic (exact) mass is 269 g/mol. The van der Waals surface area contributed by atoms with E-state index in [4.69, 9.17) is 5.73 Å². The lowest BCUT2D eigenvalue weighted by Crippen LogP contribution is -2.22. The van der Waals surface area contributed by atoms with Crippen molar-refractivity contribution in [3.05, 3.63) is 46.8 Å². The fourth-order valence-corrected chi connectivity index (χ4v) is 1.86. The van der Waals surface area contributed by atoms with Crippen LogP contribution >= 0.6 is 0 Å². The van der Waals surface area contributed by atoms with E-state index >= 15 is 0 Å². The number of benzene rings is 1. The predicted octanol–water partition coefficient (Wildman–Crippen LogP) is 2.77. The fraction of sp³-hybridized carbons (Fsp3) is 0.267. The number of anilines is 1. The largest absolute Gasteiger partial charge is 0.369 e. The second-order valence-corrected chi connectivity index (χ2v) is 4.87. The molecule has 1 aromatic carbocycles. The van der Waals surface area contributed by atoms with E-state index in [-0.39, 0.29) is 5.96 Å². The van der Waals surface area contributed by atoms with Crippen molar-refractivity contribution < 1.29 is 0 Å². The van der Waals surface area contributed by atoms with Crippen LogP contribution in [-0.2, 0) is 0 Å². The summed E-state index contributed by atoms with van der Waals surface area (Å²) < 4.78 is 0. The minimum absolute atomic E-state index is 0.276. The van der Waals surface area contributed by atoms with Crippen molar-refractivity contribution in [3.8, 4) is 0 Å². The van der Waals surface area contributed by atoms with E-state index in [2.05, 4.69) is 34.1 Å². The molecule has 0 saturated heterocycles. The molecular formula is C15H19N5. The summed E-state index contributed by atoms with van der Waals surface area (Å²) in [6.07, 6.45) is 0. The Morgan fingerprint density at radius 1 is 1.00 bits per heavy atom. The highest BCUT2D eigenvalue weighted by Crippen LogP contribution is 2.14. The fourth-order valence-electron chi connectivity index (χ4n) is 1.86. The van der Waals surface area contributed by atoms with Crippen LogP contribution in [0.3, 0.4) is 0 Å². The van der Waals surface area contributed by atoms with Gasteiger partial charge < -0.3 is 11.1 Å². The summed E-state index contributed by atoms with van der Waals surface area (Å²) in [4.78, 5) is 12.6. The zero-order chi connectivity index (χ0) is 14.7. The van der Waals surface area contributed by atoms with Gasteiger partial charge in [0.15, 0.2) is 0 Å². The number of rotatable bonds is 2. The Balaban J connectivity index is 2.20. The molecule has 0 spiro atoms. The van der Waals surface area contributed by atoms with E-state index in [0.717, 1.165) is 17.1 Å². The molecule has 0 aliphatic heterocycles. The number of aryl methyl sites for hydroxylation is 4. The Morgan fingerprint density at radius 3 is 2.25 bits per heavy atom. The number of aliphatic imine (C=N–C) groups is 1. The van der Waals surface area contributed by atoms with Gasteiger partial charge in [-0.05, 0) is 57.0 Å². The Bertz CT molecular complexity index is 641. The van der Waals surface area contributed by atoms with Crippen LogP contribution in [0.2, 0.25) is 0 Å². The highest BCUT2D eigenvalue weighted by Gasteiger charge is 2.01. The van der Waals surface area contributed by atoms with Gasteiger partial charge in [-0.15, -0.1) is 0 Å². The molecule has 0 atom stereocenters. The van der Waals surface area contributed by atoms with Gasteiger partial charge in [0.05, 0.1) is 0 Å². The third kappa shape index (κ3) is 3.54. The quantitative estimate of drug-likeness (QED) is 0.649. The summed E-state index contributed by atoms with van der Waals surface area (Å²) in [5, 5.41) is 3.05. The van der Waals surface area contributed by atoms with Crippen molar-refractivity contribution in [2.24, 2.45) is 10.7 Å². The van der Waals surface area contributed by atoms with Crippen molar-refractivity contribution in [3.63, 3.8) is 0 Å². The van der Waals surface area contributed by atoms with Crippen LogP contribution in [0.25, 0.3) is 0 Å². The van der Waals surface area contributed by atoms with Gasteiger partial charge in [-0.2, -0.15) is 4.99 Å². The molecule has 1 heterocycles. The third-order valence-corrected chi connectivity index (χ3v) is 2.97. The number of nitrogens with one attached hydrogen (secondary N) is 1. The Labute approximate surface area is 119 Å². The summed E-state index contributed by atoms with van der Waals surface area (Å²) in [6.45, 7) is 7.93. The van der Waals surface area contributed by atoms with Crippen LogP contribution < -0.4 is 11.1 Å². The number of nitrogens with two attached hydrogens (primary N) is 1. The van der Waals surface area contributed by atoms with Gasteiger partial charge in [0.25, 0.3) is 5.95 Å². The van der Waals surface area contributed by atoms with Gasteiger partial charge in [-0.3, -0.25) is 0 Å². The zero-order valence-electron chi connectivity index (χ0n) is 12.2. The molecule has 0 fully saturated rings. The van der Waals surface area contributed by atoms with Crippen molar-refractivity contribution in [1.82, 2.24) is 9.97 Å². The first-order valence-electron chi connectivity index (χ1n) is 6.45. The number of guanidine groups is 1. The molecule has 1 aromatic heterocycles. The standard InChI is InChI=1S/C15H19N5/c1-9-5-6-13(7-10(9)2)19-14(16)20-15-17-11(3)8-12(4)18-15/h5-8H,1-4H3,(H3,16,17,18,19,20). The number of hydrogen-bond acceptors (Lipinski definition) is 3. The first-order chi connectivity index (χ1) is 9.44. The number of hydrogen-bond donors (Lipinski definition) is 2. The van der Waals surface area contributed by atoms with Gasteiger partial charge in [-0.25, -0.2) is 9.97 Å². The smallest absolute Gasteiger partial charge is 0.253 e. The molecule has 0 amide bonds. The maximum Gasteiger partial charge on any atom is 0.253 e. The molecule has 0 radical (unpaired) electrons. The molecule has 20 heavy (non-hydrogen) atoms. The van der Waals surface area contributed by atoms with E-state index in [9.17, 15) is 0 Å². The average molecular weight is 269 g/mol. The zero-order valence-corrected chi connectivity index (χ0v) is 12.2.